The Morgan fingerprint density at radius 1 is 1.25 bits per heavy atom. The highest BCUT2D eigenvalue weighted by Crippen LogP contribution is 2.28. The average molecular weight is 296 g/mol. The van der Waals surface area contributed by atoms with Crippen LogP contribution in [0.3, 0.4) is 0 Å². The predicted octanol–water partition coefficient (Wildman–Crippen LogP) is 3.03. The molecule has 20 heavy (non-hydrogen) atoms. The zero-order valence-electron chi connectivity index (χ0n) is 12.3. The van der Waals surface area contributed by atoms with Crippen LogP contribution < -0.4 is 5.32 Å². The SMILES string of the molecule is CC(c1ccccn1)N1CCC(NCC2CC2)CC1.Cl. The van der Waals surface area contributed by atoms with Gasteiger partial charge in [0.1, 0.15) is 0 Å². The molecule has 0 bridgehead atoms. The molecule has 1 saturated carbocycles. The standard InChI is InChI=1S/C16H25N3.ClH/c1-13(16-4-2-3-9-17-16)19-10-7-15(8-11-19)18-12-14-5-6-14;/h2-4,9,13-15,18H,5-8,10-12H2,1H3;1H. The second-order valence-electron chi connectivity index (χ2n) is 6.09. The van der Waals surface area contributed by atoms with E-state index in [9.17, 15) is 0 Å². The topological polar surface area (TPSA) is 28.2 Å². The van der Waals surface area contributed by atoms with E-state index in [0.717, 1.165) is 12.0 Å². The van der Waals surface area contributed by atoms with E-state index in [1.54, 1.807) is 0 Å². The van der Waals surface area contributed by atoms with Crippen LogP contribution in [0.4, 0.5) is 0 Å². The Kier molecular flexibility index (Phi) is 5.82. The van der Waals surface area contributed by atoms with Gasteiger partial charge in [-0.3, -0.25) is 9.88 Å². The van der Waals surface area contributed by atoms with Crippen LogP contribution in [0.5, 0.6) is 0 Å². The third-order valence-corrected chi connectivity index (χ3v) is 4.59. The van der Waals surface area contributed by atoms with Crippen molar-refractivity contribution in [2.24, 2.45) is 5.92 Å². The van der Waals surface area contributed by atoms with E-state index < -0.39 is 0 Å². The summed E-state index contributed by atoms with van der Waals surface area (Å²) < 4.78 is 0. The van der Waals surface area contributed by atoms with Gasteiger partial charge in [-0.05, 0) is 57.2 Å². The number of halogens is 1. The summed E-state index contributed by atoms with van der Waals surface area (Å²) in [5.74, 6) is 0.991. The minimum absolute atomic E-state index is 0. The minimum Gasteiger partial charge on any atom is -0.314 e. The molecular weight excluding hydrogens is 270 g/mol. The van der Waals surface area contributed by atoms with Crippen LogP contribution in [0, 0.1) is 5.92 Å². The molecule has 1 unspecified atom stereocenters. The first-order valence-electron chi connectivity index (χ1n) is 7.71. The van der Waals surface area contributed by atoms with E-state index in [1.165, 1.54) is 51.0 Å². The number of piperidine rings is 1. The van der Waals surface area contributed by atoms with Crippen molar-refractivity contribution < 1.29 is 0 Å². The van der Waals surface area contributed by atoms with Crippen LogP contribution in [0.15, 0.2) is 24.4 Å². The van der Waals surface area contributed by atoms with Gasteiger partial charge in [-0.25, -0.2) is 0 Å². The number of rotatable bonds is 5. The molecule has 1 atom stereocenters. The van der Waals surface area contributed by atoms with Gasteiger partial charge in [0.25, 0.3) is 0 Å². The van der Waals surface area contributed by atoms with E-state index in [1.807, 2.05) is 12.3 Å². The quantitative estimate of drug-likeness (QED) is 0.905. The van der Waals surface area contributed by atoms with Crippen molar-refractivity contribution in [2.45, 2.75) is 44.7 Å². The molecule has 4 heteroatoms. The van der Waals surface area contributed by atoms with E-state index in [0.29, 0.717) is 6.04 Å². The Hall–Kier alpha value is -0.640. The lowest BCUT2D eigenvalue weighted by Gasteiger charge is -2.36. The molecule has 0 amide bonds. The van der Waals surface area contributed by atoms with Gasteiger partial charge in [0.2, 0.25) is 0 Å². The molecule has 3 nitrogen and oxygen atoms in total. The van der Waals surface area contributed by atoms with Crippen molar-refractivity contribution in [3.05, 3.63) is 30.1 Å². The number of aromatic nitrogens is 1. The molecule has 112 valence electrons. The fraction of sp³-hybridized carbons (Fsp3) is 0.688. The number of hydrogen-bond donors (Lipinski definition) is 1. The second kappa shape index (κ2) is 7.39. The first kappa shape index (κ1) is 15.7. The zero-order chi connectivity index (χ0) is 13.1. The monoisotopic (exact) mass is 295 g/mol. The number of likely N-dealkylation sites (tertiary alicyclic amines) is 1. The van der Waals surface area contributed by atoms with Crippen molar-refractivity contribution in [3.8, 4) is 0 Å². The Bertz CT molecular complexity index is 386. The van der Waals surface area contributed by atoms with Crippen molar-refractivity contribution >= 4 is 12.4 Å². The van der Waals surface area contributed by atoms with Crippen LogP contribution in [0.25, 0.3) is 0 Å². The van der Waals surface area contributed by atoms with Gasteiger partial charge >= 0.3 is 0 Å². The summed E-state index contributed by atoms with van der Waals surface area (Å²) in [7, 11) is 0. The predicted molar refractivity (Wildman–Crippen MR) is 85.2 cm³/mol. The summed E-state index contributed by atoms with van der Waals surface area (Å²) >= 11 is 0. The normalized spacial score (nSPS) is 22.2. The van der Waals surface area contributed by atoms with Crippen LogP contribution in [-0.2, 0) is 0 Å². The van der Waals surface area contributed by atoms with E-state index in [2.05, 4.69) is 34.3 Å². The molecule has 1 aromatic heterocycles. The molecule has 0 spiro atoms. The largest absolute Gasteiger partial charge is 0.314 e. The summed E-state index contributed by atoms with van der Waals surface area (Å²) in [6.07, 6.45) is 7.36. The number of pyridine rings is 1. The number of hydrogen-bond acceptors (Lipinski definition) is 3. The Labute approximate surface area is 128 Å². The highest BCUT2D eigenvalue weighted by molar-refractivity contribution is 5.85. The lowest BCUT2D eigenvalue weighted by Crippen LogP contribution is -2.44. The average Bonchev–Trinajstić information content (AvgIpc) is 3.30. The molecular formula is C16H26ClN3. The molecule has 0 radical (unpaired) electrons. The Balaban J connectivity index is 0.00000147. The maximum Gasteiger partial charge on any atom is 0.0572 e. The maximum absolute atomic E-state index is 4.48. The van der Waals surface area contributed by atoms with Crippen molar-refractivity contribution in [3.63, 3.8) is 0 Å². The fourth-order valence-electron chi connectivity index (χ4n) is 2.96. The summed E-state index contributed by atoms with van der Waals surface area (Å²) in [6.45, 7) is 5.92. The lowest BCUT2D eigenvalue weighted by molar-refractivity contribution is 0.150. The first-order valence-corrected chi connectivity index (χ1v) is 7.71. The molecule has 3 rings (SSSR count). The van der Waals surface area contributed by atoms with Crippen molar-refractivity contribution in [1.82, 2.24) is 15.2 Å². The molecule has 1 saturated heterocycles. The lowest BCUT2D eigenvalue weighted by atomic mass is 10.0. The van der Waals surface area contributed by atoms with Crippen molar-refractivity contribution in [2.75, 3.05) is 19.6 Å². The van der Waals surface area contributed by atoms with Gasteiger partial charge in [0.05, 0.1) is 5.69 Å². The van der Waals surface area contributed by atoms with E-state index in [-0.39, 0.29) is 12.4 Å². The molecule has 2 fully saturated rings. The van der Waals surface area contributed by atoms with Crippen LogP contribution in [0.1, 0.15) is 44.3 Å². The van der Waals surface area contributed by atoms with E-state index in [4.69, 9.17) is 0 Å². The van der Waals surface area contributed by atoms with Gasteiger partial charge < -0.3 is 5.32 Å². The second-order valence-corrected chi connectivity index (χ2v) is 6.09. The smallest absolute Gasteiger partial charge is 0.0572 e. The van der Waals surface area contributed by atoms with Crippen LogP contribution >= 0.6 is 12.4 Å². The fourth-order valence-corrected chi connectivity index (χ4v) is 2.96. The summed E-state index contributed by atoms with van der Waals surface area (Å²) in [6, 6.07) is 7.41. The molecule has 2 heterocycles. The minimum atomic E-state index is 0. The Morgan fingerprint density at radius 2 is 2.00 bits per heavy atom. The Morgan fingerprint density at radius 3 is 2.60 bits per heavy atom. The summed E-state index contributed by atoms with van der Waals surface area (Å²) in [4.78, 5) is 7.05. The van der Waals surface area contributed by atoms with Gasteiger partial charge in [0, 0.05) is 31.4 Å². The molecule has 1 aromatic rings. The van der Waals surface area contributed by atoms with Gasteiger partial charge in [-0.2, -0.15) is 0 Å². The van der Waals surface area contributed by atoms with Crippen LogP contribution in [0.2, 0.25) is 0 Å². The number of nitrogens with one attached hydrogen (secondary N) is 1. The number of nitrogens with zero attached hydrogens (tertiary/aromatic N) is 2. The molecule has 1 aliphatic carbocycles. The summed E-state index contributed by atoms with van der Waals surface area (Å²) in [5.41, 5.74) is 1.20. The molecule has 2 aliphatic rings. The zero-order valence-corrected chi connectivity index (χ0v) is 13.1. The molecule has 1 N–H and O–H groups in total. The molecule has 1 aliphatic heterocycles. The third-order valence-electron chi connectivity index (χ3n) is 4.59. The van der Waals surface area contributed by atoms with Gasteiger partial charge in [0.15, 0.2) is 0 Å². The van der Waals surface area contributed by atoms with Gasteiger partial charge in [-0.1, -0.05) is 6.07 Å². The van der Waals surface area contributed by atoms with Gasteiger partial charge in [-0.15, -0.1) is 12.4 Å². The highest BCUT2D eigenvalue weighted by Gasteiger charge is 2.26. The van der Waals surface area contributed by atoms with Crippen LogP contribution in [-0.4, -0.2) is 35.6 Å². The highest BCUT2D eigenvalue weighted by atomic mass is 35.5. The first-order chi connectivity index (χ1) is 9.33. The summed E-state index contributed by atoms with van der Waals surface area (Å²) in [5, 5.41) is 3.74. The van der Waals surface area contributed by atoms with E-state index >= 15 is 0 Å². The molecule has 0 aromatic carbocycles. The maximum atomic E-state index is 4.48. The van der Waals surface area contributed by atoms with Crippen molar-refractivity contribution in [1.29, 1.82) is 0 Å². The third kappa shape index (κ3) is 4.18.